The predicted octanol–water partition coefficient (Wildman–Crippen LogP) is 5.24. The minimum Gasteiger partial charge on any atom is -0.496 e. The number of aryl methyl sites for hydroxylation is 1. The Morgan fingerprint density at radius 3 is 2.77 bits per heavy atom. The topological polar surface area (TPSA) is 64.5 Å². The summed E-state index contributed by atoms with van der Waals surface area (Å²) < 4.78 is 40.2. The van der Waals surface area contributed by atoms with Crippen LogP contribution in [0.3, 0.4) is 0 Å². The Labute approximate surface area is 182 Å². The van der Waals surface area contributed by atoms with E-state index in [4.69, 9.17) is 9.47 Å². The van der Waals surface area contributed by atoms with Crippen LogP contribution in [0.15, 0.2) is 24.4 Å². The number of halogens is 2. The number of carbonyl (C=O) groups is 1. The molecule has 0 saturated carbocycles. The maximum atomic E-state index is 14.7. The normalized spacial score (nSPS) is 17.2. The summed E-state index contributed by atoms with van der Waals surface area (Å²) >= 11 is 0. The molecule has 0 spiro atoms. The number of likely N-dealkylation sites (tertiary alicyclic amines) is 1. The van der Waals surface area contributed by atoms with Crippen LogP contribution in [-0.4, -0.2) is 52.7 Å². The molecule has 1 atom stereocenters. The van der Waals surface area contributed by atoms with Crippen LogP contribution in [0.1, 0.15) is 52.1 Å². The first kappa shape index (κ1) is 23.2. The number of rotatable bonds is 7. The van der Waals surface area contributed by atoms with Crippen LogP contribution in [-0.2, 0) is 11.2 Å². The van der Waals surface area contributed by atoms with Gasteiger partial charge in [0.15, 0.2) is 5.65 Å². The molecule has 0 radical (unpaired) electrons. The number of methoxy groups -OCH3 is 1. The van der Waals surface area contributed by atoms with Crippen LogP contribution in [0.4, 0.5) is 13.6 Å². The van der Waals surface area contributed by atoms with Crippen LogP contribution in [0.2, 0.25) is 0 Å². The SMILES string of the molecule is COc1cc(CCCCC(F)(F)C2CCN(C(=O)OC(C)(C)C)C2)nc2ncccc12. The van der Waals surface area contributed by atoms with Gasteiger partial charge in [-0.1, -0.05) is 0 Å². The lowest BCUT2D eigenvalue weighted by atomic mass is 9.95. The maximum absolute atomic E-state index is 14.7. The number of unbranched alkanes of at least 4 members (excludes halogenated alkanes) is 1. The van der Waals surface area contributed by atoms with E-state index in [1.807, 2.05) is 18.2 Å². The van der Waals surface area contributed by atoms with Crippen molar-refractivity contribution in [1.29, 1.82) is 0 Å². The molecule has 1 aliphatic rings. The smallest absolute Gasteiger partial charge is 0.410 e. The van der Waals surface area contributed by atoms with E-state index in [2.05, 4.69) is 9.97 Å². The van der Waals surface area contributed by atoms with Gasteiger partial charge in [0.25, 0.3) is 5.92 Å². The summed E-state index contributed by atoms with van der Waals surface area (Å²) in [4.78, 5) is 22.3. The highest BCUT2D eigenvalue weighted by atomic mass is 19.3. The number of hydrogen-bond acceptors (Lipinski definition) is 5. The highest BCUT2D eigenvalue weighted by Gasteiger charge is 2.44. The van der Waals surface area contributed by atoms with Crippen LogP contribution < -0.4 is 4.74 Å². The van der Waals surface area contributed by atoms with E-state index in [0.717, 1.165) is 11.1 Å². The first-order valence-corrected chi connectivity index (χ1v) is 10.7. The van der Waals surface area contributed by atoms with Gasteiger partial charge in [0, 0.05) is 43.4 Å². The van der Waals surface area contributed by atoms with Gasteiger partial charge in [-0.3, -0.25) is 0 Å². The summed E-state index contributed by atoms with van der Waals surface area (Å²) in [6.45, 7) is 5.65. The molecular weight excluding hydrogens is 404 g/mol. The van der Waals surface area contributed by atoms with Gasteiger partial charge >= 0.3 is 6.09 Å². The van der Waals surface area contributed by atoms with Gasteiger partial charge in [-0.15, -0.1) is 0 Å². The Bertz CT molecular complexity index is 915. The van der Waals surface area contributed by atoms with Crippen LogP contribution >= 0.6 is 0 Å². The Morgan fingerprint density at radius 1 is 1.29 bits per heavy atom. The van der Waals surface area contributed by atoms with Gasteiger partial charge in [0.05, 0.1) is 12.5 Å². The summed E-state index contributed by atoms with van der Waals surface area (Å²) in [6, 6.07) is 5.56. The van der Waals surface area contributed by atoms with Crippen molar-refractivity contribution in [1.82, 2.24) is 14.9 Å². The van der Waals surface area contributed by atoms with Gasteiger partial charge in [-0.2, -0.15) is 0 Å². The fraction of sp³-hybridized carbons (Fsp3) is 0.609. The number of nitrogens with zero attached hydrogens (tertiary/aromatic N) is 3. The van der Waals surface area contributed by atoms with Crippen LogP contribution in [0.25, 0.3) is 11.0 Å². The Balaban J connectivity index is 1.50. The van der Waals surface area contributed by atoms with Crippen molar-refractivity contribution >= 4 is 17.1 Å². The van der Waals surface area contributed by atoms with E-state index in [1.54, 1.807) is 34.1 Å². The standard InChI is InChI=1S/C23H31F2N3O3/c1-22(2,3)31-21(29)28-13-10-16(15-28)23(24,25)11-6-5-8-17-14-19(30-4)18-9-7-12-26-20(18)27-17/h7,9,12,14,16H,5-6,8,10-11,13,15H2,1-4H3. The molecule has 1 unspecified atom stereocenters. The second-order valence-corrected chi connectivity index (χ2v) is 9.07. The number of hydrogen-bond donors (Lipinski definition) is 0. The number of carbonyl (C=O) groups excluding carboxylic acids is 1. The number of amides is 1. The van der Waals surface area contributed by atoms with Gasteiger partial charge in [-0.05, 0) is 58.6 Å². The highest BCUT2D eigenvalue weighted by molar-refractivity contribution is 5.81. The van der Waals surface area contributed by atoms with Gasteiger partial charge < -0.3 is 14.4 Å². The van der Waals surface area contributed by atoms with Crippen molar-refractivity contribution in [2.45, 2.75) is 64.4 Å². The zero-order chi connectivity index (χ0) is 22.6. The van der Waals surface area contributed by atoms with Crippen LogP contribution in [0.5, 0.6) is 5.75 Å². The highest BCUT2D eigenvalue weighted by Crippen LogP contribution is 2.37. The number of ether oxygens (including phenoxy) is 2. The molecule has 3 heterocycles. The molecule has 170 valence electrons. The molecule has 2 aromatic rings. The van der Waals surface area contributed by atoms with E-state index in [1.165, 1.54) is 4.90 Å². The first-order chi connectivity index (χ1) is 14.6. The molecule has 0 aliphatic carbocycles. The molecule has 6 nitrogen and oxygen atoms in total. The second-order valence-electron chi connectivity index (χ2n) is 9.07. The van der Waals surface area contributed by atoms with Crippen molar-refractivity contribution < 1.29 is 23.0 Å². The molecule has 1 saturated heterocycles. The fourth-order valence-electron chi connectivity index (χ4n) is 3.84. The second kappa shape index (κ2) is 9.32. The van der Waals surface area contributed by atoms with E-state index < -0.39 is 23.5 Å². The summed E-state index contributed by atoms with van der Waals surface area (Å²) in [5, 5.41) is 0.830. The molecule has 31 heavy (non-hydrogen) atoms. The fourth-order valence-corrected chi connectivity index (χ4v) is 3.84. The minimum absolute atomic E-state index is 0.0387. The largest absolute Gasteiger partial charge is 0.496 e. The molecular formula is C23H31F2N3O3. The van der Waals surface area contributed by atoms with Crippen molar-refractivity contribution in [3.05, 3.63) is 30.1 Å². The van der Waals surface area contributed by atoms with Crippen molar-refractivity contribution in [3.8, 4) is 5.75 Å². The Kier molecular flexibility index (Phi) is 6.96. The van der Waals surface area contributed by atoms with Gasteiger partial charge in [0.2, 0.25) is 0 Å². The van der Waals surface area contributed by atoms with Crippen molar-refractivity contribution in [3.63, 3.8) is 0 Å². The Morgan fingerprint density at radius 2 is 2.06 bits per heavy atom. The summed E-state index contributed by atoms with van der Waals surface area (Å²) in [7, 11) is 1.59. The molecule has 0 aromatic carbocycles. The molecule has 3 rings (SSSR count). The van der Waals surface area contributed by atoms with Gasteiger partial charge in [-0.25, -0.2) is 23.5 Å². The zero-order valence-electron chi connectivity index (χ0n) is 18.7. The molecule has 2 aromatic heterocycles. The van der Waals surface area contributed by atoms with E-state index in [0.29, 0.717) is 43.6 Å². The number of alkyl halides is 2. The monoisotopic (exact) mass is 435 g/mol. The molecule has 0 bridgehead atoms. The third-order valence-corrected chi connectivity index (χ3v) is 5.45. The molecule has 0 N–H and O–H groups in total. The molecule has 8 heteroatoms. The average Bonchev–Trinajstić information content (AvgIpc) is 3.21. The predicted molar refractivity (Wildman–Crippen MR) is 115 cm³/mol. The van der Waals surface area contributed by atoms with E-state index >= 15 is 0 Å². The van der Waals surface area contributed by atoms with Crippen molar-refractivity contribution in [2.75, 3.05) is 20.2 Å². The summed E-state index contributed by atoms with van der Waals surface area (Å²) in [5.41, 5.74) is 0.742. The third kappa shape index (κ3) is 6.02. The first-order valence-electron chi connectivity index (χ1n) is 10.7. The number of pyridine rings is 2. The Hall–Kier alpha value is -2.51. The minimum atomic E-state index is -2.81. The molecule has 1 amide bonds. The lowest BCUT2D eigenvalue weighted by molar-refractivity contribution is -0.0631. The van der Waals surface area contributed by atoms with E-state index in [9.17, 15) is 13.6 Å². The van der Waals surface area contributed by atoms with Crippen molar-refractivity contribution in [2.24, 2.45) is 5.92 Å². The summed E-state index contributed by atoms with van der Waals surface area (Å²) in [6.07, 6.45) is 2.78. The lowest BCUT2D eigenvalue weighted by Crippen LogP contribution is -2.37. The quantitative estimate of drug-likeness (QED) is 0.556. The summed E-state index contributed by atoms with van der Waals surface area (Å²) in [5.74, 6) is -2.96. The third-order valence-electron chi connectivity index (χ3n) is 5.45. The molecule has 1 aliphatic heterocycles. The maximum Gasteiger partial charge on any atom is 0.410 e. The number of fused-ring (bicyclic) bond motifs is 1. The molecule has 1 fully saturated rings. The van der Waals surface area contributed by atoms with Gasteiger partial charge in [0.1, 0.15) is 11.4 Å². The average molecular weight is 436 g/mol. The zero-order valence-corrected chi connectivity index (χ0v) is 18.7. The van der Waals surface area contributed by atoms with Crippen LogP contribution in [0, 0.1) is 5.92 Å². The lowest BCUT2D eigenvalue weighted by Gasteiger charge is -2.26. The van der Waals surface area contributed by atoms with E-state index in [-0.39, 0.29) is 13.0 Å². The number of aromatic nitrogens is 2.